The van der Waals surface area contributed by atoms with E-state index < -0.39 is 11.6 Å². The first kappa shape index (κ1) is 12.8. The maximum absolute atomic E-state index is 13.6. The normalized spacial score (nSPS) is 20.0. The maximum Gasteiger partial charge on any atom is 0.161 e. The van der Waals surface area contributed by atoms with Crippen molar-refractivity contribution in [3.8, 4) is 0 Å². The van der Waals surface area contributed by atoms with Crippen molar-refractivity contribution in [1.82, 2.24) is 0 Å². The molecule has 0 amide bonds. The molecule has 1 unspecified atom stereocenters. The molecule has 1 aromatic carbocycles. The Labute approximate surface area is 111 Å². The van der Waals surface area contributed by atoms with Crippen molar-refractivity contribution in [1.29, 1.82) is 0 Å². The number of amidine groups is 1. The van der Waals surface area contributed by atoms with E-state index in [1.54, 1.807) is 0 Å². The fourth-order valence-corrected chi connectivity index (χ4v) is 2.95. The summed E-state index contributed by atoms with van der Waals surface area (Å²) < 4.78 is 27.5. The molecule has 0 saturated heterocycles. The zero-order valence-electron chi connectivity index (χ0n) is 9.14. The Morgan fingerprint density at radius 3 is 2.65 bits per heavy atom. The summed E-state index contributed by atoms with van der Waals surface area (Å²) in [5, 5.41) is 3.29. The summed E-state index contributed by atoms with van der Waals surface area (Å²) in [5.41, 5.74) is -0.145. The number of hydrogen-bond acceptors (Lipinski definition) is 3. The van der Waals surface area contributed by atoms with Crippen LogP contribution in [0.4, 0.5) is 14.5 Å². The van der Waals surface area contributed by atoms with E-state index in [1.807, 2.05) is 6.92 Å². The molecule has 0 bridgehead atoms. The van der Waals surface area contributed by atoms with Crippen molar-refractivity contribution in [2.75, 3.05) is 11.1 Å². The molecule has 0 fully saturated rings. The zero-order chi connectivity index (χ0) is 12.4. The minimum absolute atomic E-state index is 0.145. The number of rotatable bonds is 1. The molecule has 2 nitrogen and oxygen atoms in total. The predicted molar refractivity (Wildman–Crippen MR) is 71.7 cm³/mol. The van der Waals surface area contributed by atoms with Crippen molar-refractivity contribution in [3.05, 3.63) is 28.2 Å². The molecule has 1 aromatic rings. The van der Waals surface area contributed by atoms with Gasteiger partial charge in [-0.05, 0) is 25.5 Å². The SMILES string of the molecule is CC1CCSC(Nc2c(F)cc(Br)cc2F)=N1. The van der Waals surface area contributed by atoms with Gasteiger partial charge in [0.05, 0.1) is 6.04 Å². The van der Waals surface area contributed by atoms with Crippen molar-refractivity contribution < 1.29 is 8.78 Å². The highest BCUT2D eigenvalue weighted by Gasteiger charge is 2.16. The number of benzene rings is 1. The first-order chi connectivity index (χ1) is 8.06. The monoisotopic (exact) mass is 320 g/mol. The first-order valence-electron chi connectivity index (χ1n) is 5.18. The van der Waals surface area contributed by atoms with Gasteiger partial charge in [-0.3, -0.25) is 4.99 Å². The number of nitrogens with one attached hydrogen (secondary N) is 1. The summed E-state index contributed by atoms with van der Waals surface area (Å²) >= 11 is 4.52. The Bertz CT molecular complexity index is 442. The van der Waals surface area contributed by atoms with E-state index in [0.29, 0.717) is 9.64 Å². The van der Waals surface area contributed by atoms with Crippen LogP contribution in [0.25, 0.3) is 0 Å². The van der Waals surface area contributed by atoms with Crippen LogP contribution in [-0.4, -0.2) is 17.0 Å². The summed E-state index contributed by atoms with van der Waals surface area (Å²) in [6.45, 7) is 1.98. The summed E-state index contributed by atoms with van der Waals surface area (Å²) in [7, 11) is 0. The molecule has 0 radical (unpaired) electrons. The lowest BCUT2D eigenvalue weighted by Gasteiger charge is -2.18. The molecule has 1 aliphatic heterocycles. The third-order valence-electron chi connectivity index (χ3n) is 2.35. The predicted octanol–water partition coefficient (Wildman–Crippen LogP) is 4.02. The number of aliphatic imine (C=N–C) groups is 1. The van der Waals surface area contributed by atoms with Crippen molar-refractivity contribution in [2.45, 2.75) is 19.4 Å². The second-order valence-corrected chi connectivity index (χ2v) is 5.79. The van der Waals surface area contributed by atoms with Crippen LogP contribution in [0.15, 0.2) is 21.6 Å². The molecule has 0 saturated carbocycles. The molecule has 0 spiro atoms. The second kappa shape index (κ2) is 5.35. The quantitative estimate of drug-likeness (QED) is 0.845. The van der Waals surface area contributed by atoms with Gasteiger partial charge in [0, 0.05) is 10.2 Å². The standard InChI is InChI=1S/C11H11BrF2N2S/c1-6-2-3-17-11(15-6)16-10-8(13)4-7(12)5-9(10)14/h4-6H,2-3H2,1H3,(H,15,16). The molecule has 1 N–H and O–H groups in total. The van der Waals surface area contributed by atoms with E-state index in [2.05, 4.69) is 26.2 Å². The summed E-state index contributed by atoms with van der Waals surface area (Å²) in [4.78, 5) is 4.31. The van der Waals surface area contributed by atoms with Gasteiger partial charge in [0.1, 0.15) is 5.69 Å². The highest BCUT2D eigenvalue weighted by Crippen LogP contribution is 2.26. The van der Waals surface area contributed by atoms with Gasteiger partial charge >= 0.3 is 0 Å². The summed E-state index contributed by atoms with van der Waals surface area (Å²) in [6, 6.07) is 2.64. The fourth-order valence-electron chi connectivity index (χ4n) is 1.47. The number of halogens is 3. The Kier molecular flexibility index (Phi) is 4.04. The Morgan fingerprint density at radius 2 is 2.06 bits per heavy atom. The van der Waals surface area contributed by atoms with Crippen LogP contribution in [0, 0.1) is 11.6 Å². The van der Waals surface area contributed by atoms with E-state index in [1.165, 1.54) is 23.9 Å². The largest absolute Gasteiger partial charge is 0.330 e. The number of thioether (sulfide) groups is 1. The molecule has 0 aromatic heterocycles. The van der Waals surface area contributed by atoms with E-state index in [-0.39, 0.29) is 11.7 Å². The third kappa shape index (κ3) is 3.19. The highest BCUT2D eigenvalue weighted by atomic mass is 79.9. The zero-order valence-corrected chi connectivity index (χ0v) is 11.5. The molecular formula is C11H11BrF2N2S. The first-order valence-corrected chi connectivity index (χ1v) is 6.96. The van der Waals surface area contributed by atoms with Gasteiger partial charge in [-0.25, -0.2) is 8.78 Å². The third-order valence-corrected chi connectivity index (χ3v) is 3.73. The molecule has 1 heterocycles. The van der Waals surface area contributed by atoms with E-state index in [9.17, 15) is 8.78 Å². The maximum atomic E-state index is 13.6. The Hall–Kier alpha value is -0.620. The molecule has 6 heteroatoms. The van der Waals surface area contributed by atoms with E-state index in [0.717, 1.165) is 12.2 Å². The molecule has 2 rings (SSSR count). The van der Waals surface area contributed by atoms with Gasteiger partial charge < -0.3 is 5.32 Å². The van der Waals surface area contributed by atoms with E-state index in [4.69, 9.17) is 0 Å². The lowest BCUT2D eigenvalue weighted by Crippen LogP contribution is -2.19. The average Bonchev–Trinajstić information content (AvgIpc) is 2.23. The van der Waals surface area contributed by atoms with Crippen LogP contribution >= 0.6 is 27.7 Å². The van der Waals surface area contributed by atoms with Crippen LogP contribution in [0.5, 0.6) is 0 Å². The Morgan fingerprint density at radius 1 is 1.41 bits per heavy atom. The van der Waals surface area contributed by atoms with Gasteiger partial charge in [0.2, 0.25) is 0 Å². The van der Waals surface area contributed by atoms with Gasteiger partial charge in [-0.1, -0.05) is 27.7 Å². The van der Waals surface area contributed by atoms with Crippen LogP contribution in [0.1, 0.15) is 13.3 Å². The van der Waals surface area contributed by atoms with Gasteiger partial charge in [0.15, 0.2) is 16.8 Å². The minimum atomic E-state index is -0.626. The van der Waals surface area contributed by atoms with Crippen LogP contribution in [0.3, 0.4) is 0 Å². The lowest BCUT2D eigenvalue weighted by molar-refractivity contribution is 0.589. The fraction of sp³-hybridized carbons (Fsp3) is 0.364. The molecular weight excluding hydrogens is 310 g/mol. The number of anilines is 1. The molecule has 17 heavy (non-hydrogen) atoms. The second-order valence-electron chi connectivity index (χ2n) is 3.79. The molecule has 1 atom stereocenters. The minimum Gasteiger partial charge on any atom is -0.330 e. The molecule has 92 valence electrons. The van der Waals surface area contributed by atoms with Gasteiger partial charge in [0.25, 0.3) is 0 Å². The molecule has 1 aliphatic rings. The van der Waals surface area contributed by atoms with Gasteiger partial charge in [-0.2, -0.15) is 0 Å². The van der Waals surface area contributed by atoms with Crippen molar-refractivity contribution in [3.63, 3.8) is 0 Å². The lowest BCUT2D eigenvalue weighted by atomic mass is 10.3. The Balaban J connectivity index is 2.24. The molecule has 0 aliphatic carbocycles. The highest BCUT2D eigenvalue weighted by molar-refractivity contribution is 9.10. The van der Waals surface area contributed by atoms with E-state index >= 15 is 0 Å². The average molecular weight is 321 g/mol. The van der Waals surface area contributed by atoms with Crippen molar-refractivity contribution >= 4 is 38.5 Å². The van der Waals surface area contributed by atoms with Crippen LogP contribution in [-0.2, 0) is 0 Å². The van der Waals surface area contributed by atoms with Gasteiger partial charge in [-0.15, -0.1) is 0 Å². The summed E-state index contributed by atoms with van der Waals surface area (Å²) in [5.74, 6) is -0.343. The number of hydrogen-bond donors (Lipinski definition) is 1. The van der Waals surface area contributed by atoms with Crippen LogP contribution < -0.4 is 5.32 Å². The van der Waals surface area contributed by atoms with Crippen molar-refractivity contribution in [2.24, 2.45) is 4.99 Å². The summed E-state index contributed by atoms with van der Waals surface area (Å²) in [6.07, 6.45) is 0.987. The topological polar surface area (TPSA) is 24.4 Å². The number of nitrogens with zero attached hydrogens (tertiary/aromatic N) is 1. The van der Waals surface area contributed by atoms with Crippen LogP contribution in [0.2, 0.25) is 0 Å². The smallest absolute Gasteiger partial charge is 0.161 e.